The van der Waals surface area contributed by atoms with E-state index in [2.05, 4.69) is 10.3 Å². The number of aliphatic hydroxyl groups excluding tert-OH is 1. The molecule has 2 N–H and O–H groups in total. The second kappa shape index (κ2) is 5.54. The largest absolute Gasteiger partial charge is 0.456 e. The number of carbonyl (C=O) groups is 1. The van der Waals surface area contributed by atoms with Crippen LogP contribution in [-0.4, -0.2) is 16.0 Å². The van der Waals surface area contributed by atoms with Crippen molar-refractivity contribution < 1.29 is 14.6 Å². The van der Waals surface area contributed by atoms with Crippen LogP contribution in [0.15, 0.2) is 36.5 Å². The summed E-state index contributed by atoms with van der Waals surface area (Å²) in [7, 11) is 0. The van der Waals surface area contributed by atoms with Crippen LogP contribution in [0.4, 0.5) is 5.69 Å². The molecule has 0 radical (unpaired) electrons. The number of amides is 1. The van der Waals surface area contributed by atoms with E-state index in [-0.39, 0.29) is 5.91 Å². The molecule has 0 bridgehead atoms. The van der Waals surface area contributed by atoms with E-state index in [9.17, 15) is 9.90 Å². The number of anilines is 1. The van der Waals surface area contributed by atoms with Crippen molar-refractivity contribution in [1.82, 2.24) is 4.98 Å². The second-order valence-electron chi connectivity index (χ2n) is 5.06. The average Bonchev–Trinajstić information content (AvgIpc) is 2.48. The first kappa shape index (κ1) is 13.6. The van der Waals surface area contributed by atoms with E-state index in [0.717, 1.165) is 17.7 Å². The third kappa shape index (κ3) is 3.03. The van der Waals surface area contributed by atoms with Crippen molar-refractivity contribution in [3.8, 4) is 11.5 Å². The van der Waals surface area contributed by atoms with Gasteiger partial charge < -0.3 is 15.2 Å². The summed E-state index contributed by atoms with van der Waals surface area (Å²) in [6.45, 7) is 1.67. The van der Waals surface area contributed by atoms with Crippen molar-refractivity contribution >= 4 is 11.6 Å². The Labute approximate surface area is 122 Å². The number of nitrogens with one attached hydrogen (secondary N) is 1. The highest BCUT2D eigenvalue weighted by atomic mass is 16.5. The molecule has 2 heterocycles. The lowest BCUT2D eigenvalue weighted by Crippen LogP contribution is -2.18. The maximum absolute atomic E-state index is 11.3. The maximum atomic E-state index is 11.3. The predicted molar refractivity (Wildman–Crippen MR) is 78.3 cm³/mol. The summed E-state index contributed by atoms with van der Waals surface area (Å²) in [6, 6.07) is 9.10. The minimum Gasteiger partial charge on any atom is -0.456 e. The fourth-order valence-corrected chi connectivity index (χ4v) is 2.26. The van der Waals surface area contributed by atoms with Crippen molar-refractivity contribution in [2.45, 2.75) is 25.9 Å². The van der Waals surface area contributed by atoms with E-state index < -0.39 is 6.10 Å². The molecule has 0 unspecified atom stereocenters. The third-order valence-electron chi connectivity index (χ3n) is 3.40. The van der Waals surface area contributed by atoms with Gasteiger partial charge in [0, 0.05) is 12.1 Å². The van der Waals surface area contributed by atoms with Crippen LogP contribution in [0.1, 0.15) is 30.7 Å². The Bertz CT molecular complexity index is 666. The fraction of sp³-hybridized carbons (Fsp3) is 0.250. The summed E-state index contributed by atoms with van der Waals surface area (Å²) in [5.41, 5.74) is 2.53. The van der Waals surface area contributed by atoms with Gasteiger partial charge in [0.05, 0.1) is 18.0 Å². The van der Waals surface area contributed by atoms with Gasteiger partial charge in [-0.25, -0.2) is 0 Å². The number of aryl methyl sites for hydroxylation is 1. The lowest BCUT2D eigenvalue weighted by molar-refractivity contribution is -0.116. The summed E-state index contributed by atoms with van der Waals surface area (Å²) in [5, 5.41) is 12.3. The Hall–Kier alpha value is -2.40. The van der Waals surface area contributed by atoms with Crippen LogP contribution in [0.25, 0.3) is 0 Å². The lowest BCUT2D eigenvalue weighted by atomic mass is 10.0. The number of fused-ring (bicyclic) bond motifs is 1. The van der Waals surface area contributed by atoms with Gasteiger partial charge >= 0.3 is 0 Å². The molecule has 21 heavy (non-hydrogen) atoms. The minimum atomic E-state index is -0.591. The summed E-state index contributed by atoms with van der Waals surface area (Å²) in [5.74, 6) is 1.37. The smallest absolute Gasteiger partial charge is 0.224 e. The van der Waals surface area contributed by atoms with Crippen LogP contribution in [0.5, 0.6) is 11.5 Å². The van der Waals surface area contributed by atoms with E-state index in [1.807, 2.05) is 18.2 Å². The third-order valence-corrected chi connectivity index (χ3v) is 3.40. The molecule has 2 aromatic rings. The van der Waals surface area contributed by atoms with E-state index in [1.165, 1.54) is 0 Å². The Morgan fingerprint density at radius 3 is 2.76 bits per heavy atom. The summed E-state index contributed by atoms with van der Waals surface area (Å²) in [4.78, 5) is 15.5. The first-order chi connectivity index (χ1) is 10.1. The van der Waals surface area contributed by atoms with Gasteiger partial charge in [-0.2, -0.15) is 0 Å². The molecule has 1 aromatic heterocycles. The van der Waals surface area contributed by atoms with Gasteiger partial charge in [0.15, 0.2) is 0 Å². The number of ether oxygens (including phenoxy) is 1. The molecule has 5 nitrogen and oxygen atoms in total. The zero-order valence-corrected chi connectivity index (χ0v) is 11.7. The van der Waals surface area contributed by atoms with Crippen molar-refractivity contribution in [2.24, 2.45) is 0 Å². The monoisotopic (exact) mass is 284 g/mol. The highest BCUT2D eigenvalue weighted by molar-refractivity contribution is 5.94. The van der Waals surface area contributed by atoms with E-state index >= 15 is 0 Å². The van der Waals surface area contributed by atoms with Crippen molar-refractivity contribution in [1.29, 1.82) is 0 Å². The molecule has 1 atom stereocenters. The van der Waals surface area contributed by atoms with Crippen molar-refractivity contribution in [3.63, 3.8) is 0 Å². The highest BCUT2D eigenvalue weighted by Crippen LogP contribution is 2.29. The summed E-state index contributed by atoms with van der Waals surface area (Å²) in [6.07, 6.45) is 2.22. The molecule has 108 valence electrons. The van der Waals surface area contributed by atoms with Crippen LogP contribution >= 0.6 is 0 Å². The normalized spacial score (nSPS) is 15.0. The maximum Gasteiger partial charge on any atom is 0.224 e. The summed E-state index contributed by atoms with van der Waals surface area (Å²) >= 11 is 0. The predicted octanol–water partition coefficient (Wildman–Crippen LogP) is 2.81. The molecule has 5 heteroatoms. The molecule has 3 rings (SSSR count). The van der Waals surface area contributed by atoms with E-state index in [4.69, 9.17) is 4.74 Å². The molecule has 1 aliphatic rings. The SMILES string of the molecule is C[C@H](O)c1ccc(Oc2ccc3c(c2)CCC(=O)N3)cn1. The molecular formula is C16H16N2O3. The number of hydrogen-bond donors (Lipinski definition) is 2. The highest BCUT2D eigenvalue weighted by Gasteiger charge is 2.15. The number of pyridine rings is 1. The molecule has 1 aliphatic heterocycles. The second-order valence-corrected chi connectivity index (χ2v) is 5.06. The average molecular weight is 284 g/mol. The van der Waals surface area contributed by atoms with Gasteiger partial charge in [0.1, 0.15) is 11.5 Å². The number of aliphatic hydroxyl groups is 1. The van der Waals surface area contributed by atoms with Gasteiger partial charge in [-0.3, -0.25) is 9.78 Å². The molecule has 1 aromatic carbocycles. The number of benzene rings is 1. The van der Waals surface area contributed by atoms with Gasteiger partial charge in [-0.15, -0.1) is 0 Å². The van der Waals surface area contributed by atoms with Crippen LogP contribution < -0.4 is 10.1 Å². The van der Waals surface area contributed by atoms with Crippen LogP contribution in [0.2, 0.25) is 0 Å². The van der Waals surface area contributed by atoms with Crippen molar-refractivity contribution in [3.05, 3.63) is 47.8 Å². The summed E-state index contributed by atoms with van der Waals surface area (Å²) < 4.78 is 5.75. The van der Waals surface area contributed by atoms with Gasteiger partial charge in [0.25, 0.3) is 0 Å². The molecule has 0 spiro atoms. The zero-order chi connectivity index (χ0) is 14.8. The topological polar surface area (TPSA) is 71.5 Å². The molecule has 0 fully saturated rings. The van der Waals surface area contributed by atoms with Gasteiger partial charge in [-0.05, 0) is 49.2 Å². The number of carbonyl (C=O) groups excluding carboxylic acids is 1. The Kier molecular flexibility index (Phi) is 3.58. The fourth-order valence-electron chi connectivity index (χ4n) is 2.26. The van der Waals surface area contributed by atoms with Crippen LogP contribution in [0, 0.1) is 0 Å². The zero-order valence-electron chi connectivity index (χ0n) is 11.7. The lowest BCUT2D eigenvalue weighted by Gasteiger charge is -2.17. The quantitative estimate of drug-likeness (QED) is 0.909. The molecule has 1 amide bonds. The standard InChI is InChI=1S/C16H16N2O3/c1-10(19)14-5-4-13(9-17-14)21-12-3-6-15-11(8-12)2-7-16(20)18-15/h3-6,8-10,19H,2,7H2,1H3,(H,18,20)/t10-/m0/s1. The van der Waals surface area contributed by atoms with E-state index in [1.54, 1.807) is 25.3 Å². The molecule has 0 saturated carbocycles. The number of nitrogens with zero attached hydrogens (tertiary/aromatic N) is 1. The van der Waals surface area contributed by atoms with Gasteiger partial charge in [0.2, 0.25) is 5.91 Å². The number of aromatic nitrogens is 1. The molecular weight excluding hydrogens is 268 g/mol. The Balaban J connectivity index is 1.77. The minimum absolute atomic E-state index is 0.0501. The first-order valence-corrected chi connectivity index (χ1v) is 6.86. The number of hydrogen-bond acceptors (Lipinski definition) is 4. The van der Waals surface area contributed by atoms with Crippen LogP contribution in [-0.2, 0) is 11.2 Å². The molecule has 0 saturated heterocycles. The Morgan fingerprint density at radius 1 is 1.24 bits per heavy atom. The number of rotatable bonds is 3. The van der Waals surface area contributed by atoms with Gasteiger partial charge in [-0.1, -0.05) is 0 Å². The Morgan fingerprint density at radius 2 is 2.05 bits per heavy atom. The first-order valence-electron chi connectivity index (χ1n) is 6.86. The van der Waals surface area contributed by atoms with Crippen LogP contribution in [0.3, 0.4) is 0 Å². The van der Waals surface area contributed by atoms with Crippen molar-refractivity contribution in [2.75, 3.05) is 5.32 Å². The molecule has 0 aliphatic carbocycles. The van der Waals surface area contributed by atoms with E-state index in [0.29, 0.717) is 23.6 Å².